The fourth-order valence-electron chi connectivity index (χ4n) is 2.79. The van der Waals surface area contributed by atoms with E-state index < -0.39 is 0 Å². The van der Waals surface area contributed by atoms with E-state index >= 15 is 0 Å². The Kier molecular flexibility index (Phi) is 3.63. The standard InChI is InChI=1S/C16H16ClN5O/c1-21-13-5-3-2-4-12(13)19-15(21)14-11(17)10-18-16(20-14)22-6-8-23-9-7-22/h2-5,10H,6-9H2,1H3. The number of rotatable bonds is 2. The van der Waals surface area contributed by atoms with Gasteiger partial charge in [0.05, 0.1) is 35.5 Å². The molecule has 0 amide bonds. The number of ether oxygens (including phenoxy) is 1. The number of benzene rings is 1. The number of hydrogen-bond acceptors (Lipinski definition) is 5. The Hall–Kier alpha value is -2.18. The lowest BCUT2D eigenvalue weighted by molar-refractivity contribution is 0.122. The molecule has 0 atom stereocenters. The first-order valence-corrected chi connectivity index (χ1v) is 7.89. The Morgan fingerprint density at radius 2 is 1.91 bits per heavy atom. The zero-order valence-corrected chi connectivity index (χ0v) is 13.5. The largest absolute Gasteiger partial charge is 0.378 e. The minimum atomic E-state index is 0.500. The number of hydrogen-bond donors (Lipinski definition) is 0. The number of aryl methyl sites for hydroxylation is 1. The fraction of sp³-hybridized carbons (Fsp3) is 0.312. The van der Waals surface area contributed by atoms with Gasteiger partial charge in [-0.3, -0.25) is 0 Å². The van der Waals surface area contributed by atoms with Gasteiger partial charge in [-0.25, -0.2) is 15.0 Å². The molecule has 0 bridgehead atoms. The molecule has 0 radical (unpaired) electrons. The van der Waals surface area contributed by atoms with Crippen LogP contribution in [-0.2, 0) is 11.8 Å². The number of fused-ring (bicyclic) bond motifs is 1. The van der Waals surface area contributed by atoms with Gasteiger partial charge >= 0.3 is 0 Å². The van der Waals surface area contributed by atoms with E-state index in [1.165, 1.54) is 0 Å². The molecule has 1 saturated heterocycles. The van der Waals surface area contributed by atoms with E-state index in [9.17, 15) is 0 Å². The van der Waals surface area contributed by atoms with Crippen molar-refractivity contribution >= 4 is 28.6 Å². The molecule has 3 aromatic rings. The lowest BCUT2D eigenvalue weighted by atomic mass is 10.3. The van der Waals surface area contributed by atoms with Crippen molar-refractivity contribution in [3.8, 4) is 11.5 Å². The van der Waals surface area contributed by atoms with Crippen LogP contribution in [0, 0.1) is 0 Å². The number of anilines is 1. The molecule has 0 aliphatic carbocycles. The van der Waals surface area contributed by atoms with Crippen LogP contribution >= 0.6 is 11.6 Å². The summed E-state index contributed by atoms with van der Waals surface area (Å²) in [5.74, 6) is 1.41. The molecule has 7 heteroatoms. The molecule has 1 aromatic carbocycles. The first kappa shape index (κ1) is 14.4. The van der Waals surface area contributed by atoms with Crippen molar-refractivity contribution < 1.29 is 4.74 Å². The van der Waals surface area contributed by atoms with Crippen LogP contribution in [-0.4, -0.2) is 45.8 Å². The van der Waals surface area contributed by atoms with Crippen molar-refractivity contribution in [2.24, 2.45) is 7.05 Å². The van der Waals surface area contributed by atoms with Gasteiger partial charge in [-0.2, -0.15) is 0 Å². The highest BCUT2D eigenvalue weighted by atomic mass is 35.5. The summed E-state index contributed by atoms with van der Waals surface area (Å²) in [7, 11) is 1.97. The van der Waals surface area contributed by atoms with Gasteiger partial charge in [0.2, 0.25) is 5.95 Å². The van der Waals surface area contributed by atoms with Gasteiger partial charge in [-0.1, -0.05) is 23.7 Å². The zero-order valence-electron chi connectivity index (χ0n) is 12.7. The Balaban J connectivity index is 1.81. The summed E-state index contributed by atoms with van der Waals surface area (Å²) < 4.78 is 7.39. The minimum Gasteiger partial charge on any atom is -0.378 e. The molecule has 1 aliphatic heterocycles. The molecule has 118 valence electrons. The van der Waals surface area contributed by atoms with E-state index in [1.54, 1.807) is 6.20 Å². The van der Waals surface area contributed by atoms with Crippen LogP contribution in [0.2, 0.25) is 5.02 Å². The molecule has 6 nitrogen and oxygen atoms in total. The van der Waals surface area contributed by atoms with Gasteiger partial charge in [0, 0.05) is 20.1 Å². The van der Waals surface area contributed by atoms with E-state index in [2.05, 4.69) is 19.9 Å². The van der Waals surface area contributed by atoms with Gasteiger partial charge in [-0.05, 0) is 12.1 Å². The number of imidazole rings is 1. The van der Waals surface area contributed by atoms with Crippen molar-refractivity contribution in [1.82, 2.24) is 19.5 Å². The number of para-hydroxylation sites is 2. The quantitative estimate of drug-likeness (QED) is 0.723. The SMILES string of the molecule is Cn1c(-c2nc(N3CCOCC3)ncc2Cl)nc2ccccc21. The van der Waals surface area contributed by atoms with Crippen LogP contribution in [0.3, 0.4) is 0 Å². The second-order valence-corrected chi connectivity index (χ2v) is 5.86. The van der Waals surface area contributed by atoms with E-state index in [0.29, 0.717) is 29.9 Å². The maximum absolute atomic E-state index is 6.35. The third-order valence-corrected chi connectivity index (χ3v) is 4.30. The molecule has 3 heterocycles. The maximum atomic E-state index is 6.35. The number of nitrogens with zero attached hydrogens (tertiary/aromatic N) is 5. The van der Waals surface area contributed by atoms with Crippen LogP contribution in [0.5, 0.6) is 0 Å². The topological polar surface area (TPSA) is 56.1 Å². The van der Waals surface area contributed by atoms with Gasteiger partial charge < -0.3 is 14.2 Å². The van der Waals surface area contributed by atoms with Crippen LogP contribution in [0.25, 0.3) is 22.6 Å². The van der Waals surface area contributed by atoms with Crippen LogP contribution in [0.15, 0.2) is 30.5 Å². The summed E-state index contributed by atoms with van der Waals surface area (Å²) in [5.41, 5.74) is 2.62. The molecule has 4 rings (SSSR count). The number of aromatic nitrogens is 4. The maximum Gasteiger partial charge on any atom is 0.226 e. The summed E-state index contributed by atoms with van der Waals surface area (Å²) in [6.45, 7) is 2.94. The van der Waals surface area contributed by atoms with Gasteiger partial charge in [0.1, 0.15) is 5.69 Å². The molecule has 1 aliphatic rings. The molecular formula is C16H16ClN5O. The Morgan fingerprint density at radius 1 is 1.13 bits per heavy atom. The van der Waals surface area contributed by atoms with Crippen molar-refractivity contribution in [3.63, 3.8) is 0 Å². The molecule has 2 aromatic heterocycles. The highest BCUT2D eigenvalue weighted by Crippen LogP contribution is 2.29. The third kappa shape index (κ3) is 2.54. The first-order valence-electron chi connectivity index (χ1n) is 7.51. The summed E-state index contributed by atoms with van der Waals surface area (Å²) in [4.78, 5) is 15.8. The number of halogens is 1. The van der Waals surface area contributed by atoms with E-state index in [0.717, 1.165) is 29.9 Å². The Bertz CT molecular complexity index is 857. The van der Waals surface area contributed by atoms with Crippen LogP contribution < -0.4 is 4.90 Å². The van der Waals surface area contributed by atoms with Crippen LogP contribution in [0.1, 0.15) is 0 Å². The highest BCUT2D eigenvalue weighted by Gasteiger charge is 2.19. The van der Waals surface area contributed by atoms with E-state index in [1.807, 2.05) is 35.9 Å². The lowest BCUT2D eigenvalue weighted by Gasteiger charge is -2.26. The number of morpholine rings is 1. The molecule has 0 N–H and O–H groups in total. The first-order chi connectivity index (χ1) is 11.2. The minimum absolute atomic E-state index is 0.500. The lowest BCUT2D eigenvalue weighted by Crippen LogP contribution is -2.37. The predicted octanol–water partition coefficient (Wildman–Crippen LogP) is 2.52. The average molecular weight is 330 g/mol. The molecular weight excluding hydrogens is 314 g/mol. The van der Waals surface area contributed by atoms with Gasteiger partial charge in [0.15, 0.2) is 5.82 Å². The summed E-state index contributed by atoms with van der Waals surface area (Å²) in [5, 5.41) is 0.500. The average Bonchev–Trinajstić information content (AvgIpc) is 2.93. The smallest absolute Gasteiger partial charge is 0.226 e. The van der Waals surface area contributed by atoms with E-state index in [-0.39, 0.29) is 0 Å². The zero-order chi connectivity index (χ0) is 15.8. The van der Waals surface area contributed by atoms with Crippen molar-refractivity contribution in [2.45, 2.75) is 0 Å². The Labute approximate surface area is 138 Å². The molecule has 1 fully saturated rings. The summed E-state index contributed by atoms with van der Waals surface area (Å²) >= 11 is 6.35. The van der Waals surface area contributed by atoms with Crippen molar-refractivity contribution in [1.29, 1.82) is 0 Å². The van der Waals surface area contributed by atoms with Crippen LogP contribution in [0.4, 0.5) is 5.95 Å². The molecule has 23 heavy (non-hydrogen) atoms. The second-order valence-electron chi connectivity index (χ2n) is 5.45. The summed E-state index contributed by atoms with van der Waals surface area (Å²) in [6, 6.07) is 7.98. The fourth-order valence-corrected chi connectivity index (χ4v) is 2.96. The Morgan fingerprint density at radius 3 is 2.70 bits per heavy atom. The predicted molar refractivity (Wildman–Crippen MR) is 89.8 cm³/mol. The third-order valence-electron chi connectivity index (χ3n) is 4.02. The second kappa shape index (κ2) is 5.79. The van der Waals surface area contributed by atoms with Crippen molar-refractivity contribution in [3.05, 3.63) is 35.5 Å². The normalized spacial score (nSPS) is 15.3. The van der Waals surface area contributed by atoms with Gasteiger partial charge in [0.25, 0.3) is 0 Å². The van der Waals surface area contributed by atoms with E-state index in [4.69, 9.17) is 16.3 Å². The molecule has 0 spiro atoms. The van der Waals surface area contributed by atoms with Crippen molar-refractivity contribution in [2.75, 3.05) is 31.2 Å². The summed E-state index contributed by atoms with van der Waals surface area (Å²) in [6.07, 6.45) is 1.65. The highest BCUT2D eigenvalue weighted by molar-refractivity contribution is 6.32. The molecule has 0 unspecified atom stereocenters. The molecule has 0 saturated carbocycles. The van der Waals surface area contributed by atoms with Gasteiger partial charge in [-0.15, -0.1) is 0 Å². The monoisotopic (exact) mass is 329 g/mol.